The third-order valence-electron chi connectivity index (χ3n) is 3.91. The summed E-state index contributed by atoms with van der Waals surface area (Å²) in [5.41, 5.74) is 0. The Labute approximate surface area is 142 Å². The first-order valence-electron chi connectivity index (χ1n) is 7.89. The first-order valence-corrected chi connectivity index (χ1v) is 9.42. The van der Waals surface area contributed by atoms with E-state index in [-0.39, 0.29) is 5.91 Å². The van der Waals surface area contributed by atoms with Gasteiger partial charge in [0.25, 0.3) is 0 Å². The van der Waals surface area contributed by atoms with Crippen LogP contribution in [-0.2, 0) is 4.79 Å². The zero-order valence-corrected chi connectivity index (χ0v) is 14.6. The van der Waals surface area contributed by atoms with Crippen molar-refractivity contribution >= 4 is 29.3 Å². The number of hydrogen-bond acceptors (Lipinski definition) is 3. The fourth-order valence-electron chi connectivity index (χ4n) is 2.61. The topological polar surface area (TPSA) is 38.3 Å². The molecular weight excluding hydrogens is 318 g/mol. The van der Waals surface area contributed by atoms with Crippen LogP contribution in [0.2, 0.25) is 5.02 Å². The maximum atomic E-state index is 11.9. The molecule has 1 aromatic carbocycles. The Morgan fingerprint density at radius 3 is 2.86 bits per heavy atom. The van der Waals surface area contributed by atoms with Gasteiger partial charge in [-0.05, 0) is 49.8 Å². The van der Waals surface area contributed by atoms with Gasteiger partial charge in [-0.25, -0.2) is 0 Å². The number of thioether (sulfide) groups is 1. The van der Waals surface area contributed by atoms with E-state index in [0.717, 1.165) is 30.3 Å². The van der Waals surface area contributed by atoms with Crippen LogP contribution < -0.4 is 10.1 Å². The van der Waals surface area contributed by atoms with Crippen molar-refractivity contribution in [1.82, 2.24) is 5.32 Å². The lowest BCUT2D eigenvalue weighted by molar-refractivity contribution is -0.119. The molecule has 0 aromatic heterocycles. The molecule has 0 heterocycles. The van der Waals surface area contributed by atoms with Crippen LogP contribution in [0.4, 0.5) is 0 Å². The molecule has 0 saturated heterocycles. The Hall–Kier alpha value is -0.870. The minimum absolute atomic E-state index is 0.146. The van der Waals surface area contributed by atoms with Gasteiger partial charge in [-0.2, -0.15) is 0 Å². The standard InChI is InChI=1S/C17H24ClNO2S/c1-13-5-7-15(8-6-13)19-17(20)12-22-10-9-21-16-4-2-3-14(18)11-16/h2-4,11,13,15H,5-10,12H2,1H3,(H,19,20). The van der Waals surface area contributed by atoms with Gasteiger partial charge < -0.3 is 10.1 Å². The fourth-order valence-corrected chi connectivity index (χ4v) is 3.41. The van der Waals surface area contributed by atoms with E-state index in [4.69, 9.17) is 16.3 Å². The average molecular weight is 342 g/mol. The highest BCUT2D eigenvalue weighted by Gasteiger charge is 2.19. The second-order valence-corrected chi connectivity index (χ2v) is 7.42. The summed E-state index contributed by atoms with van der Waals surface area (Å²) in [4.78, 5) is 11.9. The molecule has 122 valence electrons. The van der Waals surface area contributed by atoms with E-state index in [1.54, 1.807) is 17.8 Å². The average Bonchev–Trinajstić information content (AvgIpc) is 2.49. The molecule has 22 heavy (non-hydrogen) atoms. The SMILES string of the molecule is CC1CCC(NC(=O)CSCCOc2cccc(Cl)c2)CC1. The summed E-state index contributed by atoms with van der Waals surface area (Å²) in [6.07, 6.45) is 4.70. The predicted octanol–water partition coefficient (Wildman–Crippen LogP) is 4.15. The van der Waals surface area contributed by atoms with Gasteiger partial charge in [-0.15, -0.1) is 11.8 Å². The summed E-state index contributed by atoms with van der Waals surface area (Å²) in [6.45, 7) is 2.87. The number of rotatable bonds is 7. The molecule has 0 bridgehead atoms. The van der Waals surface area contributed by atoms with Gasteiger partial charge in [0.05, 0.1) is 12.4 Å². The van der Waals surface area contributed by atoms with Gasteiger partial charge in [0.1, 0.15) is 5.75 Å². The van der Waals surface area contributed by atoms with Gasteiger partial charge >= 0.3 is 0 Å². The van der Waals surface area contributed by atoms with Crippen LogP contribution in [0.15, 0.2) is 24.3 Å². The van der Waals surface area contributed by atoms with Crippen molar-refractivity contribution in [3.8, 4) is 5.75 Å². The van der Waals surface area contributed by atoms with Gasteiger partial charge in [0.2, 0.25) is 5.91 Å². The number of carbonyl (C=O) groups excluding carboxylic acids is 1. The quantitative estimate of drug-likeness (QED) is 0.757. The van der Waals surface area contributed by atoms with E-state index >= 15 is 0 Å². The summed E-state index contributed by atoms with van der Waals surface area (Å²) in [5.74, 6) is 3.03. The molecule has 0 radical (unpaired) electrons. The Bertz CT molecular complexity index is 475. The Morgan fingerprint density at radius 2 is 2.14 bits per heavy atom. The van der Waals surface area contributed by atoms with Gasteiger partial charge in [0, 0.05) is 16.8 Å². The van der Waals surface area contributed by atoms with Crippen LogP contribution in [0.25, 0.3) is 0 Å². The summed E-state index contributed by atoms with van der Waals surface area (Å²) in [5, 5.41) is 3.81. The molecule has 1 fully saturated rings. The molecule has 0 atom stereocenters. The number of carbonyl (C=O) groups is 1. The molecule has 1 aliphatic carbocycles. The molecule has 0 aliphatic heterocycles. The van der Waals surface area contributed by atoms with Crippen molar-refractivity contribution in [1.29, 1.82) is 0 Å². The zero-order chi connectivity index (χ0) is 15.8. The molecule has 1 saturated carbocycles. The van der Waals surface area contributed by atoms with Gasteiger partial charge in [-0.1, -0.05) is 24.6 Å². The molecule has 1 amide bonds. The van der Waals surface area contributed by atoms with Crippen LogP contribution in [-0.4, -0.2) is 30.1 Å². The Morgan fingerprint density at radius 1 is 1.36 bits per heavy atom. The van der Waals surface area contributed by atoms with E-state index in [1.807, 2.05) is 18.2 Å². The van der Waals surface area contributed by atoms with Crippen molar-refractivity contribution < 1.29 is 9.53 Å². The lowest BCUT2D eigenvalue weighted by atomic mass is 9.87. The molecule has 3 nitrogen and oxygen atoms in total. The lowest BCUT2D eigenvalue weighted by Gasteiger charge is -2.26. The maximum Gasteiger partial charge on any atom is 0.230 e. The first kappa shape index (κ1) is 17.5. The Kier molecular flexibility index (Phi) is 7.40. The summed E-state index contributed by atoms with van der Waals surface area (Å²) < 4.78 is 5.59. The number of ether oxygens (including phenoxy) is 1. The van der Waals surface area contributed by atoms with Crippen molar-refractivity contribution in [2.24, 2.45) is 5.92 Å². The molecule has 1 N–H and O–H groups in total. The highest BCUT2D eigenvalue weighted by atomic mass is 35.5. The molecule has 0 spiro atoms. The summed E-state index contributed by atoms with van der Waals surface area (Å²) >= 11 is 7.49. The minimum atomic E-state index is 0.146. The minimum Gasteiger partial charge on any atom is -0.493 e. The smallest absolute Gasteiger partial charge is 0.230 e. The van der Waals surface area contributed by atoms with Gasteiger partial charge in [-0.3, -0.25) is 4.79 Å². The summed E-state index contributed by atoms with van der Waals surface area (Å²) in [6, 6.07) is 7.74. The van der Waals surface area contributed by atoms with E-state index in [0.29, 0.717) is 23.4 Å². The van der Waals surface area contributed by atoms with Gasteiger partial charge in [0.15, 0.2) is 0 Å². The Balaban J connectivity index is 1.54. The van der Waals surface area contributed by atoms with E-state index in [2.05, 4.69) is 12.2 Å². The van der Waals surface area contributed by atoms with Crippen molar-refractivity contribution in [3.63, 3.8) is 0 Å². The maximum absolute atomic E-state index is 11.9. The first-order chi connectivity index (χ1) is 10.6. The number of halogens is 1. The molecule has 5 heteroatoms. The normalized spacial score (nSPS) is 21.4. The number of amides is 1. The van der Waals surface area contributed by atoms with E-state index < -0.39 is 0 Å². The number of nitrogens with one attached hydrogen (secondary N) is 1. The highest BCUT2D eigenvalue weighted by molar-refractivity contribution is 7.99. The third-order valence-corrected chi connectivity index (χ3v) is 5.06. The molecular formula is C17H24ClNO2S. The largest absolute Gasteiger partial charge is 0.493 e. The van der Waals surface area contributed by atoms with Crippen LogP contribution in [0, 0.1) is 5.92 Å². The third kappa shape index (κ3) is 6.49. The molecule has 1 aliphatic rings. The zero-order valence-electron chi connectivity index (χ0n) is 13.0. The lowest BCUT2D eigenvalue weighted by Crippen LogP contribution is -2.38. The highest BCUT2D eigenvalue weighted by Crippen LogP contribution is 2.23. The summed E-state index contributed by atoms with van der Waals surface area (Å²) in [7, 11) is 0. The monoisotopic (exact) mass is 341 g/mol. The second-order valence-electron chi connectivity index (χ2n) is 5.88. The van der Waals surface area contributed by atoms with Crippen molar-refractivity contribution in [2.75, 3.05) is 18.1 Å². The number of benzene rings is 1. The predicted molar refractivity (Wildman–Crippen MR) is 93.8 cm³/mol. The molecule has 0 unspecified atom stereocenters. The molecule has 2 rings (SSSR count). The van der Waals surface area contributed by atoms with Crippen molar-refractivity contribution in [2.45, 2.75) is 38.6 Å². The van der Waals surface area contributed by atoms with E-state index in [1.165, 1.54) is 12.8 Å². The number of hydrogen-bond donors (Lipinski definition) is 1. The van der Waals surface area contributed by atoms with E-state index in [9.17, 15) is 4.79 Å². The van der Waals surface area contributed by atoms with Crippen LogP contribution in [0.3, 0.4) is 0 Å². The van der Waals surface area contributed by atoms with Crippen LogP contribution in [0.5, 0.6) is 5.75 Å². The second kappa shape index (κ2) is 9.31. The van der Waals surface area contributed by atoms with Crippen LogP contribution >= 0.6 is 23.4 Å². The molecule has 1 aromatic rings. The fraction of sp³-hybridized carbons (Fsp3) is 0.588. The van der Waals surface area contributed by atoms with Crippen molar-refractivity contribution in [3.05, 3.63) is 29.3 Å². The van der Waals surface area contributed by atoms with Crippen LogP contribution in [0.1, 0.15) is 32.6 Å².